The number of nitrogens with one attached hydrogen (secondary N) is 2. The number of hydrogen-bond acceptors (Lipinski definition) is 6. The molecule has 2 aliphatic rings. The zero-order chi connectivity index (χ0) is 28.1. The third kappa shape index (κ3) is 6.26. The standard InChI is InChI=1S/C30H28ClN5O3S/c1-2-25(28(38)33-21-14-12-20(31)13-15-21)40-30-35-23-11-7-6-10-22(23)27-34-24(29(39)36(27)30)18-26(37)32-17-16-19-8-4-3-5-9-19/h3-15,24-25H,2,16-18H2,1H3,(H,32,37)(H,33,38)/t24-,25-/m1/s1. The van der Waals surface area contributed by atoms with Crippen LogP contribution in [0.1, 0.15) is 30.9 Å². The van der Waals surface area contributed by atoms with Gasteiger partial charge >= 0.3 is 0 Å². The van der Waals surface area contributed by atoms with E-state index in [-0.39, 0.29) is 24.1 Å². The number of hydrogen-bond donors (Lipinski definition) is 2. The number of fused-ring (bicyclic) bond motifs is 3. The van der Waals surface area contributed by atoms with Crippen molar-refractivity contribution in [2.75, 3.05) is 11.9 Å². The molecule has 10 heteroatoms. The van der Waals surface area contributed by atoms with Gasteiger partial charge in [-0.25, -0.2) is 9.89 Å². The number of amidine groups is 2. The lowest BCUT2D eigenvalue weighted by molar-refractivity contribution is -0.128. The summed E-state index contributed by atoms with van der Waals surface area (Å²) in [6.45, 7) is 2.37. The molecule has 3 aromatic rings. The van der Waals surface area contributed by atoms with Gasteiger partial charge in [0, 0.05) is 22.8 Å². The van der Waals surface area contributed by atoms with Crippen molar-refractivity contribution in [1.82, 2.24) is 10.2 Å². The Kier molecular flexibility index (Phi) is 8.62. The third-order valence-electron chi connectivity index (χ3n) is 6.53. The van der Waals surface area contributed by atoms with Gasteiger partial charge in [-0.3, -0.25) is 19.4 Å². The Morgan fingerprint density at radius 2 is 1.75 bits per heavy atom. The Bertz CT molecular complexity index is 1480. The average Bonchev–Trinajstić information content (AvgIpc) is 3.29. The van der Waals surface area contributed by atoms with Crippen LogP contribution in [0.25, 0.3) is 0 Å². The number of para-hydroxylation sites is 1. The van der Waals surface area contributed by atoms with E-state index in [1.54, 1.807) is 24.3 Å². The largest absolute Gasteiger partial charge is 0.356 e. The first-order chi connectivity index (χ1) is 19.4. The molecule has 3 aromatic carbocycles. The van der Waals surface area contributed by atoms with Gasteiger partial charge < -0.3 is 10.6 Å². The zero-order valence-electron chi connectivity index (χ0n) is 21.8. The Hall–Kier alpha value is -3.95. The fourth-order valence-electron chi connectivity index (χ4n) is 4.46. The van der Waals surface area contributed by atoms with Crippen LogP contribution in [-0.2, 0) is 20.8 Å². The van der Waals surface area contributed by atoms with Crippen LogP contribution >= 0.6 is 23.4 Å². The summed E-state index contributed by atoms with van der Waals surface area (Å²) < 4.78 is 0. The van der Waals surface area contributed by atoms with E-state index in [1.807, 2.05) is 61.5 Å². The van der Waals surface area contributed by atoms with Crippen LogP contribution in [0.2, 0.25) is 5.02 Å². The van der Waals surface area contributed by atoms with Crippen LogP contribution in [-0.4, -0.2) is 51.5 Å². The highest BCUT2D eigenvalue weighted by Crippen LogP contribution is 2.36. The minimum absolute atomic E-state index is 0.0675. The maximum Gasteiger partial charge on any atom is 0.259 e. The highest BCUT2D eigenvalue weighted by Gasteiger charge is 2.43. The van der Waals surface area contributed by atoms with Crippen molar-refractivity contribution in [2.24, 2.45) is 9.98 Å². The fourth-order valence-corrected chi connectivity index (χ4v) is 5.60. The Morgan fingerprint density at radius 1 is 1.02 bits per heavy atom. The van der Waals surface area contributed by atoms with Gasteiger partial charge in [0.05, 0.1) is 17.4 Å². The van der Waals surface area contributed by atoms with Gasteiger partial charge in [-0.05, 0) is 54.8 Å². The summed E-state index contributed by atoms with van der Waals surface area (Å²) >= 11 is 7.17. The van der Waals surface area contributed by atoms with Crippen LogP contribution < -0.4 is 10.6 Å². The molecule has 0 spiro atoms. The van der Waals surface area contributed by atoms with E-state index in [1.165, 1.54) is 16.7 Å². The maximum atomic E-state index is 13.6. The number of rotatable bonds is 9. The van der Waals surface area contributed by atoms with Gasteiger partial charge in [-0.2, -0.15) is 0 Å². The van der Waals surface area contributed by atoms with E-state index in [4.69, 9.17) is 16.6 Å². The summed E-state index contributed by atoms with van der Waals surface area (Å²) in [7, 11) is 0. The maximum absolute atomic E-state index is 13.6. The van der Waals surface area contributed by atoms with Crippen molar-refractivity contribution in [2.45, 2.75) is 37.5 Å². The average molecular weight is 574 g/mol. The molecule has 40 heavy (non-hydrogen) atoms. The summed E-state index contributed by atoms with van der Waals surface area (Å²) in [5.41, 5.74) is 3.12. The van der Waals surface area contributed by atoms with Crippen molar-refractivity contribution < 1.29 is 14.4 Å². The molecule has 2 aliphatic heterocycles. The molecule has 2 heterocycles. The lowest BCUT2D eigenvalue weighted by Crippen LogP contribution is -2.43. The first-order valence-electron chi connectivity index (χ1n) is 13.1. The molecule has 0 aliphatic carbocycles. The lowest BCUT2D eigenvalue weighted by Gasteiger charge is -2.27. The Labute approximate surface area is 241 Å². The zero-order valence-corrected chi connectivity index (χ0v) is 23.4. The molecule has 0 aromatic heterocycles. The van der Waals surface area contributed by atoms with Gasteiger partial charge in [0.1, 0.15) is 11.9 Å². The molecule has 2 atom stereocenters. The Balaban J connectivity index is 1.30. The summed E-state index contributed by atoms with van der Waals surface area (Å²) in [5.74, 6) is -0.336. The third-order valence-corrected chi connectivity index (χ3v) is 8.10. The number of carbonyl (C=O) groups excluding carboxylic acids is 3. The van der Waals surface area contributed by atoms with E-state index in [2.05, 4.69) is 15.6 Å². The predicted octanol–water partition coefficient (Wildman–Crippen LogP) is 5.20. The van der Waals surface area contributed by atoms with Crippen molar-refractivity contribution in [3.63, 3.8) is 0 Å². The van der Waals surface area contributed by atoms with Crippen LogP contribution in [0.4, 0.5) is 11.4 Å². The van der Waals surface area contributed by atoms with E-state index in [0.717, 1.165) is 5.56 Å². The molecule has 2 N–H and O–H groups in total. The quantitative estimate of drug-likeness (QED) is 0.367. The first-order valence-corrected chi connectivity index (χ1v) is 14.3. The molecule has 5 rings (SSSR count). The minimum Gasteiger partial charge on any atom is -0.356 e. The van der Waals surface area contributed by atoms with Crippen molar-refractivity contribution in [3.8, 4) is 0 Å². The van der Waals surface area contributed by atoms with E-state index >= 15 is 0 Å². The van der Waals surface area contributed by atoms with Gasteiger partial charge in [0.2, 0.25) is 11.8 Å². The number of thioether (sulfide) groups is 1. The van der Waals surface area contributed by atoms with Gasteiger partial charge in [0.15, 0.2) is 5.17 Å². The summed E-state index contributed by atoms with van der Waals surface area (Å²) in [6, 6.07) is 23.3. The van der Waals surface area contributed by atoms with E-state index < -0.39 is 11.3 Å². The monoisotopic (exact) mass is 573 g/mol. The number of nitrogens with zero attached hydrogens (tertiary/aromatic N) is 3. The molecule has 0 fully saturated rings. The molecule has 0 saturated carbocycles. The molecule has 0 saturated heterocycles. The molecule has 3 amide bonds. The number of anilines is 1. The van der Waals surface area contributed by atoms with E-state index in [9.17, 15) is 14.4 Å². The molecule has 0 unspecified atom stereocenters. The fraction of sp³-hybridized carbons (Fsp3) is 0.233. The second-order valence-electron chi connectivity index (χ2n) is 9.35. The lowest BCUT2D eigenvalue weighted by atomic mass is 10.1. The number of carbonyl (C=O) groups is 3. The smallest absolute Gasteiger partial charge is 0.259 e. The van der Waals surface area contributed by atoms with Crippen LogP contribution in [0.5, 0.6) is 0 Å². The number of aliphatic imine (C=N–C) groups is 2. The minimum atomic E-state index is -0.869. The molecule has 0 bridgehead atoms. The van der Waals surface area contributed by atoms with Gasteiger partial charge in [0.25, 0.3) is 5.91 Å². The molecular formula is C30H28ClN5O3S. The van der Waals surface area contributed by atoms with E-state index in [0.29, 0.717) is 52.4 Å². The van der Waals surface area contributed by atoms with Crippen molar-refractivity contribution >= 4 is 63.5 Å². The van der Waals surface area contributed by atoms with Crippen LogP contribution in [0.3, 0.4) is 0 Å². The second-order valence-corrected chi connectivity index (χ2v) is 11.0. The first kappa shape index (κ1) is 27.6. The summed E-state index contributed by atoms with van der Waals surface area (Å²) in [5, 5.41) is 6.23. The molecule has 8 nitrogen and oxygen atoms in total. The number of amides is 3. The van der Waals surface area contributed by atoms with Gasteiger partial charge in [-0.1, -0.05) is 72.8 Å². The topological polar surface area (TPSA) is 103 Å². The SMILES string of the molecule is CC[C@@H](SC1=Nc2ccccc2C2=N[C@H](CC(=O)NCCc3ccccc3)C(=O)N12)C(=O)Nc1ccc(Cl)cc1. The number of benzene rings is 3. The summed E-state index contributed by atoms with van der Waals surface area (Å²) in [4.78, 5) is 50.3. The molecule has 0 radical (unpaired) electrons. The second kappa shape index (κ2) is 12.5. The Morgan fingerprint density at radius 3 is 2.50 bits per heavy atom. The normalized spacial score (nSPS) is 16.4. The number of halogens is 1. The summed E-state index contributed by atoms with van der Waals surface area (Å²) in [6.07, 6.45) is 1.14. The highest BCUT2D eigenvalue weighted by atomic mass is 35.5. The predicted molar refractivity (Wildman–Crippen MR) is 160 cm³/mol. The van der Waals surface area contributed by atoms with Crippen molar-refractivity contribution in [1.29, 1.82) is 0 Å². The van der Waals surface area contributed by atoms with Crippen molar-refractivity contribution in [3.05, 3.63) is 95.0 Å². The molecular weight excluding hydrogens is 546 g/mol. The van der Waals surface area contributed by atoms with Gasteiger partial charge in [-0.15, -0.1) is 0 Å². The van der Waals surface area contributed by atoms with Crippen LogP contribution in [0, 0.1) is 0 Å². The molecule has 204 valence electrons. The highest BCUT2D eigenvalue weighted by molar-refractivity contribution is 8.15. The van der Waals surface area contributed by atoms with Crippen LogP contribution in [0.15, 0.2) is 88.8 Å².